The third-order valence-electron chi connectivity index (χ3n) is 5.21. The molecule has 4 rings (SSSR count). The molecule has 6 nitrogen and oxygen atoms in total. The number of rotatable bonds is 6. The molecule has 0 unspecified atom stereocenters. The van der Waals surface area contributed by atoms with Gasteiger partial charge in [0.2, 0.25) is 11.9 Å². The molecule has 26 heavy (non-hydrogen) atoms. The molecule has 7 heteroatoms. The van der Waals surface area contributed by atoms with E-state index in [4.69, 9.17) is 5.73 Å². The predicted molar refractivity (Wildman–Crippen MR) is 103 cm³/mol. The fourth-order valence-electron chi connectivity index (χ4n) is 3.45. The minimum absolute atomic E-state index is 0.347. The van der Waals surface area contributed by atoms with Crippen molar-refractivity contribution in [2.24, 2.45) is 11.7 Å². The second kappa shape index (κ2) is 7.31. The average molecular weight is 372 g/mol. The standard InChI is InChI=1S/C19H25N5OS/c1-13-9-11-23(12-10-13)18-21-22-19(24(18)15-7-8-15)26-16(17(20)25)14-5-3-2-4-6-14/h2-6,13,15-16H,7-12H2,1H3,(H2,20,25)/t16-/m1/s1. The minimum atomic E-state index is -0.452. The monoisotopic (exact) mass is 371 g/mol. The average Bonchev–Trinajstić information content (AvgIpc) is 3.40. The van der Waals surface area contributed by atoms with Gasteiger partial charge >= 0.3 is 0 Å². The molecule has 1 amide bonds. The third-order valence-corrected chi connectivity index (χ3v) is 6.44. The lowest BCUT2D eigenvalue weighted by molar-refractivity contribution is -0.117. The molecule has 2 heterocycles. The molecule has 1 saturated heterocycles. The van der Waals surface area contributed by atoms with E-state index in [1.807, 2.05) is 30.3 Å². The molecule has 0 radical (unpaired) electrons. The van der Waals surface area contributed by atoms with Gasteiger partial charge in [0.05, 0.1) is 0 Å². The van der Waals surface area contributed by atoms with Crippen molar-refractivity contribution in [3.8, 4) is 0 Å². The quantitative estimate of drug-likeness (QED) is 0.789. The van der Waals surface area contributed by atoms with Crippen LogP contribution in [0.4, 0.5) is 5.95 Å². The number of benzene rings is 1. The summed E-state index contributed by atoms with van der Waals surface area (Å²) in [6.07, 6.45) is 4.67. The van der Waals surface area contributed by atoms with Gasteiger partial charge in [-0.3, -0.25) is 9.36 Å². The number of carbonyl (C=O) groups excluding carboxylic acids is 1. The van der Waals surface area contributed by atoms with E-state index in [2.05, 4.69) is 26.6 Å². The fraction of sp³-hybridized carbons (Fsp3) is 0.526. The summed E-state index contributed by atoms with van der Waals surface area (Å²) < 4.78 is 2.24. The van der Waals surface area contributed by atoms with Crippen LogP contribution < -0.4 is 10.6 Å². The maximum absolute atomic E-state index is 12.1. The Morgan fingerprint density at radius 2 is 1.85 bits per heavy atom. The topological polar surface area (TPSA) is 77.0 Å². The number of nitrogens with two attached hydrogens (primary N) is 1. The van der Waals surface area contributed by atoms with Gasteiger partial charge in [-0.05, 0) is 37.2 Å². The third kappa shape index (κ3) is 3.58. The lowest BCUT2D eigenvalue weighted by Crippen LogP contribution is -2.34. The van der Waals surface area contributed by atoms with Crippen LogP contribution in [-0.4, -0.2) is 33.8 Å². The SMILES string of the molecule is CC1CCN(c2nnc(S[C@@H](C(N)=O)c3ccccc3)n2C2CC2)CC1. The molecule has 0 spiro atoms. The number of hydrogen-bond acceptors (Lipinski definition) is 5. The van der Waals surface area contributed by atoms with Crippen LogP contribution in [-0.2, 0) is 4.79 Å². The number of carbonyl (C=O) groups is 1. The molecule has 1 aliphatic heterocycles. The molecule has 2 N–H and O–H groups in total. The van der Waals surface area contributed by atoms with Gasteiger partial charge < -0.3 is 10.6 Å². The Morgan fingerprint density at radius 1 is 1.15 bits per heavy atom. The van der Waals surface area contributed by atoms with Crippen LogP contribution >= 0.6 is 11.8 Å². The zero-order valence-electron chi connectivity index (χ0n) is 15.0. The zero-order valence-corrected chi connectivity index (χ0v) is 15.9. The van der Waals surface area contributed by atoms with Crippen LogP contribution in [0.25, 0.3) is 0 Å². The van der Waals surface area contributed by atoms with Crippen molar-refractivity contribution < 1.29 is 4.79 Å². The molecule has 1 aromatic heterocycles. The summed E-state index contributed by atoms with van der Waals surface area (Å²) in [7, 11) is 0. The molecule has 138 valence electrons. The Bertz CT molecular complexity index is 765. The molecule has 1 aliphatic carbocycles. The van der Waals surface area contributed by atoms with E-state index in [-0.39, 0.29) is 5.91 Å². The van der Waals surface area contributed by atoms with Crippen LogP contribution in [0.5, 0.6) is 0 Å². The van der Waals surface area contributed by atoms with Gasteiger partial charge in [0.1, 0.15) is 5.25 Å². The lowest BCUT2D eigenvalue weighted by atomic mass is 10.00. The first-order valence-electron chi connectivity index (χ1n) is 9.34. The van der Waals surface area contributed by atoms with E-state index in [0.29, 0.717) is 6.04 Å². The number of piperidine rings is 1. The summed E-state index contributed by atoms with van der Waals surface area (Å²) in [4.78, 5) is 14.4. The first-order valence-corrected chi connectivity index (χ1v) is 10.2. The summed E-state index contributed by atoms with van der Waals surface area (Å²) in [6.45, 7) is 4.35. The van der Waals surface area contributed by atoms with Crippen molar-refractivity contribution in [3.63, 3.8) is 0 Å². The molecule has 2 aliphatic rings. The summed E-state index contributed by atoms with van der Waals surface area (Å²) in [6, 6.07) is 10.1. The lowest BCUT2D eigenvalue weighted by Gasteiger charge is -2.31. The second-order valence-corrected chi connectivity index (χ2v) is 8.44. The highest BCUT2D eigenvalue weighted by Gasteiger charge is 2.34. The maximum atomic E-state index is 12.1. The van der Waals surface area contributed by atoms with Crippen LogP contribution in [0.3, 0.4) is 0 Å². The second-order valence-electron chi connectivity index (χ2n) is 7.36. The van der Waals surface area contributed by atoms with Gasteiger partial charge in [0, 0.05) is 19.1 Å². The van der Waals surface area contributed by atoms with Crippen molar-refractivity contribution >= 4 is 23.6 Å². The Kier molecular flexibility index (Phi) is 4.89. The van der Waals surface area contributed by atoms with E-state index in [1.54, 1.807) is 0 Å². The van der Waals surface area contributed by atoms with Gasteiger partial charge in [0.15, 0.2) is 5.16 Å². The summed E-state index contributed by atoms with van der Waals surface area (Å²) in [5.74, 6) is 1.38. The fourth-order valence-corrected chi connectivity index (χ4v) is 4.50. The van der Waals surface area contributed by atoms with Crippen LogP contribution in [0, 0.1) is 5.92 Å². The van der Waals surface area contributed by atoms with E-state index in [1.165, 1.54) is 24.6 Å². The Balaban J connectivity index is 1.61. The van der Waals surface area contributed by atoms with E-state index < -0.39 is 5.25 Å². The first kappa shape index (κ1) is 17.4. The van der Waals surface area contributed by atoms with Crippen molar-refractivity contribution in [2.75, 3.05) is 18.0 Å². The smallest absolute Gasteiger partial charge is 0.235 e. The highest BCUT2D eigenvalue weighted by molar-refractivity contribution is 8.00. The highest BCUT2D eigenvalue weighted by atomic mass is 32.2. The number of primary amides is 1. The normalized spacial score (nSPS) is 19.5. The summed E-state index contributed by atoms with van der Waals surface area (Å²) in [5.41, 5.74) is 6.60. The molecule has 2 fully saturated rings. The molecule has 1 aromatic carbocycles. The molecule has 1 atom stereocenters. The highest BCUT2D eigenvalue weighted by Crippen LogP contribution is 2.44. The van der Waals surface area contributed by atoms with Gasteiger partial charge in [0.25, 0.3) is 0 Å². The first-order chi connectivity index (χ1) is 12.6. The molecule has 0 bridgehead atoms. The molecular weight excluding hydrogens is 346 g/mol. The van der Waals surface area contributed by atoms with Crippen LogP contribution in [0.15, 0.2) is 35.5 Å². The van der Waals surface area contributed by atoms with E-state index >= 15 is 0 Å². The van der Waals surface area contributed by atoms with Crippen molar-refractivity contribution in [1.29, 1.82) is 0 Å². The molecule has 1 saturated carbocycles. The van der Waals surface area contributed by atoms with Gasteiger partial charge in [-0.25, -0.2) is 0 Å². The Hall–Kier alpha value is -2.02. The summed E-state index contributed by atoms with van der Waals surface area (Å²) >= 11 is 1.42. The number of hydrogen-bond donors (Lipinski definition) is 1. The zero-order chi connectivity index (χ0) is 18.1. The van der Waals surface area contributed by atoms with Gasteiger partial charge in [-0.1, -0.05) is 49.0 Å². The van der Waals surface area contributed by atoms with E-state index in [0.717, 1.165) is 48.5 Å². The number of nitrogens with zero attached hydrogens (tertiary/aromatic N) is 4. The van der Waals surface area contributed by atoms with Crippen molar-refractivity contribution in [2.45, 2.75) is 49.1 Å². The number of aromatic nitrogens is 3. The van der Waals surface area contributed by atoms with Gasteiger partial charge in [-0.2, -0.15) is 0 Å². The Morgan fingerprint density at radius 3 is 2.46 bits per heavy atom. The van der Waals surface area contributed by atoms with E-state index in [9.17, 15) is 4.79 Å². The molecule has 2 aromatic rings. The summed E-state index contributed by atoms with van der Waals surface area (Å²) in [5, 5.41) is 9.29. The van der Waals surface area contributed by atoms with Crippen molar-refractivity contribution in [1.82, 2.24) is 14.8 Å². The van der Waals surface area contributed by atoms with Crippen LogP contribution in [0.1, 0.15) is 49.5 Å². The number of thioether (sulfide) groups is 1. The van der Waals surface area contributed by atoms with Crippen LogP contribution in [0.2, 0.25) is 0 Å². The predicted octanol–water partition coefficient (Wildman–Crippen LogP) is 3.17. The largest absolute Gasteiger partial charge is 0.368 e. The number of anilines is 1. The van der Waals surface area contributed by atoms with Gasteiger partial charge in [-0.15, -0.1) is 10.2 Å². The maximum Gasteiger partial charge on any atom is 0.235 e. The molecular formula is C19H25N5OS. The minimum Gasteiger partial charge on any atom is -0.368 e. The Labute approximate surface area is 158 Å². The number of amides is 1. The van der Waals surface area contributed by atoms with Crippen molar-refractivity contribution in [3.05, 3.63) is 35.9 Å².